The van der Waals surface area contributed by atoms with Crippen LogP contribution in [0, 0.1) is 0 Å². The van der Waals surface area contributed by atoms with Crippen molar-refractivity contribution in [3.05, 3.63) is 292 Å². The Morgan fingerprint density at radius 1 is 0.364 bits per heavy atom. The number of ether oxygens (including phenoxy) is 2. The van der Waals surface area contributed by atoms with Crippen LogP contribution in [-0.4, -0.2) is 36.9 Å². The van der Waals surface area contributed by atoms with Gasteiger partial charge in [-0.15, -0.1) is 0 Å². The zero-order chi connectivity index (χ0) is 77.2. The molecule has 8 aromatic carbocycles. The summed E-state index contributed by atoms with van der Waals surface area (Å²) in [5.41, 5.74) is 24.0. The molecule has 16 rings (SSSR count). The smallest absolute Gasteiger partial charge is 0.231 e. The third-order valence-electron chi connectivity index (χ3n) is 19.4. The molecule has 6 heterocycles. The summed E-state index contributed by atoms with van der Waals surface area (Å²) in [6.45, 7) is 53.8. The molecule has 3 aliphatic rings. The van der Waals surface area contributed by atoms with Gasteiger partial charge in [0.15, 0.2) is 11.5 Å². The van der Waals surface area contributed by atoms with Gasteiger partial charge in [0.1, 0.15) is 0 Å². The van der Waals surface area contributed by atoms with Crippen LogP contribution >= 0.6 is 0 Å². The topological polar surface area (TPSA) is 104 Å². The SMILES string of the molecule is C.CC(C)(C)c1ccc2c(c1)C=CC2.CC(C)(C)c1ccc2c(c1)OCO2.CC(C)(C)c1ccc2cc[nH]c2c1.CC(C)(C)c1ccc2ccccc2n1.CC(C)(C)c1ccc2cn[nH]c2c1.CC(C)(C)c1cccc2c1C=CC2.CC(C)(C)c1cccc2cc[nH]c12.CC(C)(C)c1cccc2cccnc12. The molecule has 8 nitrogen and oxygen atoms in total. The Morgan fingerprint density at radius 3 is 1.54 bits per heavy atom. The van der Waals surface area contributed by atoms with Gasteiger partial charge in [-0.25, -0.2) is 0 Å². The number of nitrogens with one attached hydrogen (secondary N) is 3. The van der Waals surface area contributed by atoms with Gasteiger partial charge in [-0.05, 0) is 177 Å². The molecular weight excluding hydrogens is 1310 g/mol. The molecule has 0 amide bonds. The third kappa shape index (κ3) is 22.4. The summed E-state index contributed by atoms with van der Waals surface area (Å²) in [5, 5.41) is 13.2. The van der Waals surface area contributed by atoms with Crippen LogP contribution in [0.1, 0.15) is 240 Å². The number of rotatable bonds is 0. The zero-order valence-corrected chi connectivity index (χ0v) is 68.3. The van der Waals surface area contributed by atoms with Crippen LogP contribution in [0.4, 0.5) is 0 Å². The number of benzene rings is 8. The van der Waals surface area contributed by atoms with Crippen molar-refractivity contribution >= 4 is 66.7 Å². The first kappa shape index (κ1) is 82.9. The monoisotopic (exact) mass is 1430 g/mol. The molecule has 8 heteroatoms. The molecule has 2 aliphatic carbocycles. The number of fused-ring (bicyclic) bond motifs is 8. The van der Waals surface area contributed by atoms with E-state index in [1.165, 1.54) is 99.2 Å². The van der Waals surface area contributed by atoms with Crippen LogP contribution in [0.3, 0.4) is 0 Å². The standard InChI is InChI=1S/2C13H15N.2C13H16.2C12H15N.C11H14N2.C11H14O2.CH4/c1-13(2,3)11-8-4-6-10-7-5-9-14-12(10)11;1-13(2,3)12-9-8-10-6-4-5-7-11(10)14-12;1-13(2,3)12-9-5-7-10-6-4-8-11(10)12;1-13(2,3)12-8-7-10-5-4-6-11(10)9-12;1-12(2,3)10-5-4-9-6-7-13-11(9)8-10;1-12(2,3)10-6-4-5-9-7-8-13-11(9)10;1-11(2,3)9-5-4-8-7-12-13-10(8)6-9;1-11(2,3)8-4-5-9-10(6-8)13-7-12-9;/h2*4-9H,1-3H3;4-5,7-9H,6H2,1-3H3;4,6-9H,5H2,1-3H3;2*4-8,13H,1-3H3;4-7H,1-3H3,(H,12,13);4-6H,7H2,1-3H3;1H4. The van der Waals surface area contributed by atoms with Gasteiger partial charge in [-0.2, -0.15) is 5.10 Å². The van der Waals surface area contributed by atoms with E-state index < -0.39 is 0 Å². The lowest BCUT2D eigenvalue weighted by Crippen LogP contribution is -2.13. The predicted molar refractivity (Wildman–Crippen MR) is 463 cm³/mol. The summed E-state index contributed by atoms with van der Waals surface area (Å²) in [6.07, 6.45) is 18.9. The molecule has 3 N–H and O–H groups in total. The van der Waals surface area contributed by atoms with Crippen molar-refractivity contribution in [3.63, 3.8) is 0 Å². The van der Waals surface area contributed by atoms with Crippen LogP contribution < -0.4 is 9.47 Å². The minimum atomic E-state index is 0. The Bertz CT molecular complexity index is 5020. The van der Waals surface area contributed by atoms with Crippen molar-refractivity contribution in [2.45, 2.75) is 230 Å². The third-order valence-corrected chi connectivity index (χ3v) is 19.4. The maximum atomic E-state index is 5.31. The molecule has 1 aliphatic heterocycles. The van der Waals surface area contributed by atoms with Crippen molar-refractivity contribution in [1.82, 2.24) is 30.1 Å². The normalized spacial score (nSPS) is 12.9. The quantitative estimate of drug-likeness (QED) is 0.140. The molecule has 0 unspecified atom stereocenters. The molecular formula is C99H124N6O2. The van der Waals surface area contributed by atoms with Gasteiger partial charge < -0.3 is 19.4 Å². The average molecular weight is 1430 g/mol. The van der Waals surface area contributed by atoms with E-state index in [9.17, 15) is 0 Å². The number of H-pyrrole nitrogens is 3. The lowest BCUT2D eigenvalue weighted by atomic mass is 9.83. The number of aromatic amines is 3. The van der Waals surface area contributed by atoms with E-state index in [0.717, 1.165) is 46.6 Å². The van der Waals surface area contributed by atoms with E-state index in [4.69, 9.17) is 9.47 Å². The van der Waals surface area contributed by atoms with Crippen molar-refractivity contribution in [3.8, 4) is 11.5 Å². The van der Waals surface area contributed by atoms with Gasteiger partial charge in [0.25, 0.3) is 0 Å². The van der Waals surface area contributed by atoms with Crippen LogP contribution in [0.5, 0.6) is 11.5 Å². The fraction of sp³-hybridized carbons (Fsp3) is 0.364. The molecule has 0 radical (unpaired) electrons. The lowest BCUT2D eigenvalue weighted by molar-refractivity contribution is 0.174. The first-order valence-corrected chi connectivity index (χ1v) is 37.9. The fourth-order valence-corrected chi connectivity index (χ4v) is 12.8. The molecule has 13 aromatic rings. The van der Waals surface area contributed by atoms with E-state index in [1.807, 2.05) is 49.1 Å². The van der Waals surface area contributed by atoms with Crippen LogP contribution in [0.15, 0.2) is 225 Å². The van der Waals surface area contributed by atoms with Crippen LogP contribution in [0.25, 0.3) is 66.7 Å². The highest BCUT2D eigenvalue weighted by molar-refractivity contribution is 5.85. The van der Waals surface area contributed by atoms with E-state index in [0.29, 0.717) is 6.79 Å². The van der Waals surface area contributed by atoms with Gasteiger partial charge in [0.05, 0.1) is 22.7 Å². The van der Waals surface area contributed by atoms with Gasteiger partial charge in [0.2, 0.25) is 6.79 Å². The largest absolute Gasteiger partial charge is 0.454 e. The van der Waals surface area contributed by atoms with E-state index in [1.54, 1.807) is 0 Å². The predicted octanol–water partition coefficient (Wildman–Crippen LogP) is 27.3. The maximum Gasteiger partial charge on any atom is 0.231 e. The van der Waals surface area contributed by atoms with Crippen molar-refractivity contribution in [2.75, 3.05) is 6.79 Å². The van der Waals surface area contributed by atoms with E-state index in [2.05, 4.69) is 384 Å². The number of hydrogen-bond acceptors (Lipinski definition) is 5. The van der Waals surface area contributed by atoms with Crippen LogP contribution in [0.2, 0.25) is 0 Å². The van der Waals surface area contributed by atoms with E-state index in [-0.39, 0.29) is 50.7 Å². The fourth-order valence-electron chi connectivity index (χ4n) is 12.8. The summed E-state index contributed by atoms with van der Waals surface area (Å²) >= 11 is 0. The maximum absolute atomic E-state index is 5.31. The highest BCUT2D eigenvalue weighted by Crippen LogP contribution is 2.38. The summed E-state index contributed by atoms with van der Waals surface area (Å²) in [7, 11) is 0. The van der Waals surface area contributed by atoms with E-state index >= 15 is 0 Å². The summed E-state index contributed by atoms with van der Waals surface area (Å²) in [6, 6.07) is 66.3. The summed E-state index contributed by atoms with van der Waals surface area (Å²) in [5.74, 6) is 1.72. The Labute approximate surface area is 642 Å². The van der Waals surface area contributed by atoms with Gasteiger partial charge in [0, 0.05) is 56.9 Å². The van der Waals surface area contributed by atoms with Gasteiger partial charge in [-0.1, -0.05) is 331 Å². The summed E-state index contributed by atoms with van der Waals surface area (Å²) < 4.78 is 10.6. The molecule has 107 heavy (non-hydrogen) atoms. The number of allylic oxidation sites excluding steroid dienone is 2. The number of hydrogen-bond donors (Lipinski definition) is 3. The highest BCUT2D eigenvalue weighted by atomic mass is 16.7. The molecule has 0 saturated heterocycles. The number of para-hydroxylation sites is 3. The van der Waals surface area contributed by atoms with Crippen LogP contribution in [-0.2, 0) is 56.2 Å². The molecule has 0 saturated carbocycles. The molecule has 562 valence electrons. The molecule has 0 spiro atoms. The Balaban J connectivity index is 0.000000154. The Morgan fingerprint density at radius 2 is 0.879 bits per heavy atom. The second-order valence-electron chi connectivity index (χ2n) is 36.5. The Kier molecular flexibility index (Phi) is 26.3. The highest BCUT2D eigenvalue weighted by Gasteiger charge is 2.24. The lowest BCUT2D eigenvalue weighted by Gasteiger charge is -2.22. The Hall–Kier alpha value is -9.79. The molecule has 0 atom stereocenters. The second-order valence-corrected chi connectivity index (χ2v) is 36.5. The minimum Gasteiger partial charge on any atom is -0.454 e. The molecule has 0 bridgehead atoms. The van der Waals surface area contributed by atoms with Crippen molar-refractivity contribution in [2.24, 2.45) is 0 Å². The number of nitrogens with zero attached hydrogens (tertiary/aromatic N) is 3. The summed E-state index contributed by atoms with van der Waals surface area (Å²) in [4.78, 5) is 15.6. The zero-order valence-electron chi connectivity index (χ0n) is 68.3. The van der Waals surface area contributed by atoms with Crippen molar-refractivity contribution < 1.29 is 9.47 Å². The number of pyridine rings is 2. The first-order valence-electron chi connectivity index (χ1n) is 37.9. The minimum absolute atomic E-state index is 0. The molecule has 0 fully saturated rings. The molecule has 5 aromatic heterocycles. The second kappa shape index (κ2) is 34.0. The first-order chi connectivity index (χ1) is 49.6. The average Bonchev–Trinajstić information content (AvgIpc) is 1.28. The van der Waals surface area contributed by atoms with Gasteiger partial charge in [-0.3, -0.25) is 15.1 Å². The van der Waals surface area contributed by atoms with Crippen molar-refractivity contribution in [1.29, 1.82) is 0 Å². The van der Waals surface area contributed by atoms with Gasteiger partial charge >= 0.3 is 0 Å². The number of aromatic nitrogens is 6.